The maximum absolute atomic E-state index is 5.63. The monoisotopic (exact) mass is 304 g/mol. The normalized spacial score (nSPS) is 12.7. The van der Waals surface area contributed by atoms with Crippen LogP contribution in [0.15, 0.2) is 42.0 Å². The van der Waals surface area contributed by atoms with Gasteiger partial charge in [0.05, 0.1) is 11.4 Å². The van der Waals surface area contributed by atoms with E-state index in [1.165, 1.54) is 14.6 Å². The fourth-order valence-electron chi connectivity index (χ4n) is 2.17. The molecule has 0 spiro atoms. The van der Waals surface area contributed by atoms with Gasteiger partial charge in [-0.2, -0.15) is 0 Å². The zero-order valence-corrected chi connectivity index (χ0v) is 13.1. The Kier molecular flexibility index (Phi) is 4.00. The standard InChI is InChI=1S/C15H16N2OS2/c1-11-5-6-14(20-11)15-16-7-8-17(15)10-12(18-2)13-4-3-9-19-13/h3-9,12H,10H2,1-2H3/t12-/m1/s1. The highest BCUT2D eigenvalue weighted by molar-refractivity contribution is 7.15. The van der Waals surface area contributed by atoms with E-state index in [0.717, 1.165) is 12.4 Å². The van der Waals surface area contributed by atoms with Crippen molar-refractivity contribution in [3.05, 3.63) is 51.8 Å². The van der Waals surface area contributed by atoms with Gasteiger partial charge in [0.15, 0.2) is 0 Å². The van der Waals surface area contributed by atoms with Gasteiger partial charge in [0, 0.05) is 29.3 Å². The minimum absolute atomic E-state index is 0.0732. The largest absolute Gasteiger partial charge is 0.374 e. The van der Waals surface area contributed by atoms with E-state index < -0.39 is 0 Å². The van der Waals surface area contributed by atoms with E-state index in [2.05, 4.69) is 46.1 Å². The van der Waals surface area contributed by atoms with Crippen molar-refractivity contribution >= 4 is 22.7 Å². The Bertz CT molecular complexity index is 670. The van der Waals surface area contributed by atoms with E-state index in [4.69, 9.17) is 4.74 Å². The molecule has 0 bridgehead atoms. The number of hydrogen-bond donors (Lipinski definition) is 0. The molecule has 3 nitrogen and oxygen atoms in total. The first kappa shape index (κ1) is 13.5. The van der Waals surface area contributed by atoms with Crippen LogP contribution in [0.1, 0.15) is 15.9 Å². The fourth-order valence-corrected chi connectivity index (χ4v) is 3.84. The maximum Gasteiger partial charge on any atom is 0.150 e. The summed E-state index contributed by atoms with van der Waals surface area (Å²) in [6.45, 7) is 2.90. The molecule has 0 aliphatic rings. The second kappa shape index (κ2) is 5.91. The van der Waals surface area contributed by atoms with E-state index in [1.54, 1.807) is 29.8 Å². The van der Waals surface area contributed by atoms with Crippen LogP contribution in [0.3, 0.4) is 0 Å². The summed E-state index contributed by atoms with van der Waals surface area (Å²) in [4.78, 5) is 8.24. The second-order valence-corrected chi connectivity index (χ2v) is 6.82. The second-order valence-electron chi connectivity index (χ2n) is 4.55. The lowest BCUT2D eigenvalue weighted by molar-refractivity contribution is 0.0912. The summed E-state index contributed by atoms with van der Waals surface area (Å²) in [5.74, 6) is 1.02. The average Bonchev–Trinajstić information content (AvgIpc) is 3.16. The number of methoxy groups -OCH3 is 1. The van der Waals surface area contributed by atoms with Crippen molar-refractivity contribution in [2.45, 2.75) is 19.6 Å². The average molecular weight is 304 g/mol. The van der Waals surface area contributed by atoms with E-state index >= 15 is 0 Å². The molecule has 3 heterocycles. The van der Waals surface area contributed by atoms with Crippen molar-refractivity contribution in [2.24, 2.45) is 0 Å². The van der Waals surface area contributed by atoms with Crippen LogP contribution in [0, 0.1) is 6.92 Å². The number of rotatable bonds is 5. The molecule has 0 aliphatic heterocycles. The van der Waals surface area contributed by atoms with Crippen molar-refractivity contribution in [1.82, 2.24) is 9.55 Å². The lowest BCUT2D eigenvalue weighted by Gasteiger charge is -2.15. The molecule has 0 saturated carbocycles. The smallest absolute Gasteiger partial charge is 0.150 e. The van der Waals surface area contributed by atoms with E-state index in [-0.39, 0.29) is 6.10 Å². The van der Waals surface area contributed by atoms with Gasteiger partial charge in [-0.3, -0.25) is 0 Å². The number of aromatic nitrogens is 2. The van der Waals surface area contributed by atoms with Gasteiger partial charge in [-0.05, 0) is 30.5 Å². The van der Waals surface area contributed by atoms with E-state index in [0.29, 0.717) is 0 Å². The summed E-state index contributed by atoms with van der Waals surface area (Å²) >= 11 is 3.50. The van der Waals surface area contributed by atoms with Gasteiger partial charge in [0.25, 0.3) is 0 Å². The van der Waals surface area contributed by atoms with Crippen molar-refractivity contribution in [2.75, 3.05) is 7.11 Å². The van der Waals surface area contributed by atoms with Gasteiger partial charge in [-0.25, -0.2) is 4.98 Å². The number of aryl methyl sites for hydroxylation is 1. The quantitative estimate of drug-likeness (QED) is 0.700. The number of nitrogens with zero attached hydrogens (tertiary/aromatic N) is 2. The number of hydrogen-bond acceptors (Lipinski definition) is 4. The molecule has 0 unspecified atom stereocenters. The Labute approximate surface area is 126 Å². The maximum atomic E-state index is 5.63. The minimum Gasteiger partial charge on any atom is -0.374 e. The van der Waals surface area contributed by atoms with Gasteiger partial charge in [-0.1, -0.05) is 6.07 Å². The minimum atomic E-state index is 0.0732. The summed E-state index contributed by atoms with van der Waals surface area (Å²) < 4.78 is 7.80. The highest BCUT2D eigenvalue weighted by Crippen LogP contribution is 2.29. The highest BCUT2D eigenvalue weighted by Gasteiger charge is 2.15. The zero-order chi connectivity index (χ0) is 13.9. The van der Waals surface area contributed by atoms with Crippen LogP contribution in [0.4, 0.5) is 0 Å². The molecule has 3 aromatic heterocycles. The molecular formula is C15H16N2OS2. The molecular weight excluding hydrogens is 288 g/mol. The summed E-state index contributed by atoms with van der Waals surface area (Å²) in [6, 6.07) is 8.44. The SMILES string of the molecule is CO[C@H](Cn1ccnc1-c1ccc(C)s1)c1cccs1. The number of imidazole rings is 1. The number of thiophene rings is 2. The molecule has 0 aliphatic carbocycles. The summed E-state index contributed by atoms with van der Waals surface area (Å²) in [7, 11) is 1.76. The first-order valence-corrected chi connectivity index (χ1v) is 8.11. The van der Waals surface area contributed by atoms with Crippen molar-refractivity contribution in [3.63, 3.8) is 0 Å². The Morgan fingerprint density at radius 2 is 2.25 bits per heavy atom. The van der Waals surface area contributed by atoms with Crippen molar-refractivity contribution in [3.8, 4) is 10.7 Å². The van der Waals surface area contributed by atoms with Crippen LogP contribution in [0.5, 0.6) is 0 Å². The fraction of sp³-hybridized carbons (Fsp3) is 0.267. The molecule has 0 saturated heterocycles. The molecule has 3 rings (SSSR count). The first-order valence-electron chi connectivity index (χ1n) is 6.42. The molecule has 104 valence electrons. The van der Waals surface area contributed by atoms with Crippen LogP contribution in [-0.2, 0) is 11.3 Å². The zero-order valence-electron chi connectivity index (χ0n) is 11.4. The Balaban J connectivity index is 1.86. The van der Waals surface area contributed by atoms with Gasteiger partial charge >= 0.3 is 0 Å². The summed E-state index contributed by atoms with van der Waals surface area (Å²) in [5.41, 5.74) is 0. The lowest BCUT2D eigenvalue weighted by atomic mass is 10.3. The molecule has 0 radical (unpaired) electrons. The van der Waals surface area contributed by atoms with Crippen molar-refractivity contribution in [1.29, 1.82) is 0 Å². The predicted octanol–water partition coefficient (Wildman–Crippen LogP) is 4.37. The molecule has 0 N–H and O–H groups in total. The van der Waals surface area contributed by atoms with Crippen LogP contribution in [0.2, 0.25) is 0 Å². The third-order valence-electron chi connectivity index (χ3n) is 3.18. The van der Waals surface area contributed by atoms with E-state index in [1.807, 2.05) is 12.4 Å². The number of ether oxygens (including phenoxy) is 1. The molecule has 0 amide bonds. The molecule has 0 fully saturated rings. The van der Waals surface area contributed by atoms with Crippen LogP contribution < -0.4 is 0 Å². The Hall–Kier alpha value is -1.43. The van der Waals surface area contributed by atoms with Gasteiger partial charge in [-0.15, -0.1) is 22.7 Å². The van der Waals surface area contributed by atoms with Gasteiger partial charge in [0.2, 0.25) is 0 Å². The van der Waals surface area contributed by atoms with Crippen molar-refractivity contribution < 1.29 is 4.74 Å². The van der Waals surface area contributed by atoms with Gasteiger partial charge in [0.1, 0.15) is 11.9 Å². The lowest BCUT2D eigenvalue weighted by Crippen LogP contribution is -2.10. The van der Waals surface area contributed by atoms with Crippen LogP contribution in [0.25, 0.3) is 10.7 Å². The van der Waals surface area contributed by atoms with Crippen LogP contribution >= 0.6 is 22.7 Å². The van der Waals surface area contributed by atoms with E-state index in [9.17, 15) is 0 Å². The topological polar surface area (TPSA) is 27.1 Å². The molecule has 20 heavy (non-hydrogen) atoms. The predicted molar refractivity (Wildman–Crippen MR) is 84.3 cm³/mol. The molecule has 5 heteroatoms. The summed E-state index contributed by atoms with van der Waals surface area (Å²) in [6.07, 6.45) is 3.94. The Morgan fingerprint density at radius 1 is 1.35 bits per heavy atom. The van der Waals surface area contributed by atoms with Gasteiger partial charge < -0.3 is 9.30 Å². The highest BCUT2D eigenvalue weighted by atomic mass is 32.1. The molecule has 1 atom stereocenters. The first-order chi connectivity index (χ1) is 9.78. The summed E-state index contributed by atoms with van der Waals surface area (Å²) in [5, 5.41) is 2.08. The third-order valence-corrected chi connectivity index (χ3v) is 5.14. The molecule has 0 aromatic carbocycles. The third kappa shape index (κ3) is 2.70. The Morgan fingerprint density at radius 3 is 2.90 bits per heavy atom. The molecule has 3 aromatic rings. The van der Waals surface area contributed by atoms with Crippen LogP contribution in [-0.4, -0.2) is 16.7 Å².